The molecule has 0 aromatic heterocycles. The van der Waals surface area contributed by atoms with Crippen molar-refractivity contribution in [2.75, 3.05) is 13.1 Å². The predicted octanol–water partition coefficient (Wildman–Crippen LogP) is 5.42. The van der Waals surface area contributed by atoms with Crippen LogP contribution in [-0.4, -0.2) is 24.1 Å². The van der Waals surface area contributed by atoms with E-state index in [9.17, 15) is 0 Å². The Morgan fingerprint density at radius 1 is 1.00 bits per heavy atom. The topological polar surface area (TPSA) is 28.0 Å². The number of nitrogens with zero attached hydrogens (tertiary/aromatic N) is 3. The largest absolute Gasteiger partial charge is 0.277 e. The van der Waals surface area contributed by atoms with Crippen molar-refractivity contribution in [3.63, 3.8) is 0 Å². The van der Waals surface area contributed by atoms with Gasteiger partial charge in [0.25, 0.3) is 0 Å². The molecule has 0 spiro atoms. The number of rotatable bonds is 11. The lowest BCUT2D eigenvalue weighted by Gasteiger charge is -2.13. The molecule has 1 aromatic rings. The van der Waals surface area contributed by atoms with Gasteiger partial charge in [0.15, 0.2) is 0 Å². The third kappa shape index (κ3) is 6.59. The summed E-state index contributed by atoms with van der Waals surface area (Å²) in [5, 5.41) is 10.9. The molecule has 1 aromatic carbocycles. The number of hydrogen-bond donors (Lipinski definition) is 0. The first-order valence-corrected chi connectivity index (χ1v) is 9.08. The van der Waals surface area contributed by atoms with Gasteiger partial charge >= 0.3 is 0 Å². The van der Waals surface area contributed by atoms with Crippen molar-refractivity contribution >= 4 is 0 Å². The van der Waals surface area contributed by atoms with Crippen LogP contribution in [0.15, 0.2) is 40.7 Å². The molecule has 1 aliphatic rings. The molecule has 3 heteroatoms. The lowest BCUT2D eigenvalue weighted by molar-refractivity contribution is 0.301. The molecule has 0 saturated heterocycles. The summed E-state index contributed by atoms with van der Waals surface area (Å²) in [4.78, 5) is 0. The van der Waals surface area contributed by atoms with Gasteiger partial charge in [-0.3, -0.25) is 5.01 Å². The summed E-state index contributed by atoms with van der Waals surface area (Å²) in [7, 11) is 0. The van der Waals surface area contributed by atoms with Crippen LogP contribution in [-0.2, 0) is 6.42 Å². The number of aryl methyl sites for hydroxylation is 1. The Hall–Kier alpha value is -1.38. The van der Waals surface area contributed by atoms with Crippen LogP contribution in [0.1, 0.15) is 63.9 Å². The molecule has 0 amide bonds. The smallest absolute Gasteiger partial charge is 0.0921 e. The summed E-state index contributed by atoms with van der Waals surface area (Å²) >= 11 is 0. The van der Waals surface area contributed by atoms with Gasteiger partial charge in [-0.25, -0.2) is 0 Å². The normalized spacial score (nSPS) is 17.3. The molecule has 0 fully saturated rings. The van der Waals surface area contributed by atoms with Crippen LogP contribution in [0.4, 0.5) is 0 Å². The standard InChI is InChI=1S/C19H31N3/c1-2-3-4-5-6-10-15-19-17-22(21-20-19)16-11-14-18-12-8-7-9-13-18/h7-9,12-13,19H,2-6,10-11,14-17H2,1H3. The summed E-state index contributed by atoms with van der Waals surface area (Å²) in [5.74, 6) is 0. The molecule has 0 bridgehead atoms. The maximum absolute atomic E-state index is 4.43. The van der Waals surface area contributed by atoms with Crippen molar-refractivity contribution in [1.29, 1.82) is 0 Å². The Morgan fingerprint density at radius 2 is 1.77 bits per heavy atom. The fraction of sp³-hybridized carbons (Fsp3) is 0.684. The molecule has 3 nitrogen and oxygen atoms in total. The zero-order valence-electron chi connectivity index (χ0n) is 14.1. The van der Waals surface area contributed by atoms with Crippen LogP contribution in [0, 0.1) is 0 Å². The Morgan fingerprint density at radius 3 is 2.59 bits per heavy atom. The first kappa shape index (κ1) is 17.0. The van der Waals surface area contributed by atoms with E-state index in [-0.39, 0.29) is 0 Å². The predicted molar refractivity (Wildman–Crippen MR) is 93.0 cm³/mol. The average Bonchev–Trinajstić information content (AvgIpc) is 3.00. The SMILES string of the molecule is CCCCCCCCC1CN(CCCc2ccccc2)N=N1. The molecule has 1 heterocycles. The monoisotopic (exact) mass is 301 g/mol. The van der Waals surface area contributed by atoms with Gasteiger partial charge < -0.3 is 0 Å². The molecule has 122 valence electrons. The third-order valence-corrected chi connectivity index (χ3v) is 4.38. The van der Waals surface area contributed by atoms with E-state index < -0.39 is 0 Å². The van der Waals surface area contributed by atoms with Crippen molar-refractivity contribution in [1.82, 2.24) is 5.01 Å². The van der Waals surface area contributed by atoms with E-state index in [1.807, 2.05) is 0 Å². The van der Waals surface area contributed by atoms with Crippen molar-refractivity contribution in [3.05, 3.63) is 35.9 Å². The van der Waals surface area contributed by atoms with Crippen LogP contribution < -0.4 is 0 Å². The lowest BCUT2D eigenvalue weighted by atomic mass is 10.1. The first-order valence-electron chi connectivity index (χ1n) is 9.08. The van der Waals surface area contributed by atoms with Crippen LogP contribution in [0.2, 0.25) is 0 Å². The quantitative estimate of drug-likeness (QED) is 0.501. The summed E-state index contributed by atoms with van der Waals surface area (Å²) in [6.07, 6.45) is 11.7. The minimum atomic E-state index is 0.447. The third-order valence-electron chi connectivity index (χ3n) is 4.38. The van der Waals surface area contributed by atoms with Crippen molar-refractivity contribution < 1.29 is 0 Å². The van der Waals surface area contributed by atoms with Crippen molar-refractivity contribution in [2.24, 2.45) is 10.3 Å². The maximum Gasteiger partial charge on any atom is 0.0921 e. The van der Waals surface area contributed by atoms with Gasteiger partial charge in [0, 0.05) is 6.54 Å². The molecule has 0 aliphatic carbocycles. The van der Waals surface area contributed by atoms with E-state index in [1.165, 1.54) is 50.5 Å². The first-order chi connectivity index (χ1) is 10.9. The second-order valence-corrected chi connectivity index (χ2v) is 6.42. The van der Waals surface area contributed by atoms with E-state index in [0.717, 1.165) is 25.9 Å². The van der Waals surface area contributed by atoms with Gasteiger partial charge in [0.2, 0.25) is 0 Å². The summed E-state index contributed by atoms with van der Waals surface area (Å²) in [6, 6.07) is 11.1. The lowest BCUT2D eigenvalue weighted by Crippen LogP contribution is -2.22. The fourth-order valence-electron chi connectivity index (χ4n) is 3.02. The van der Waals surface area contributed by atoms with E-state index in [0.29, 0.717) is 6.04 Å². The van der Waals surface area contributed by atoms with Gasteiger partial charge in [0.05, 0.1) is 12.6 Å². The minimum absolute atomic E-state index is 0.447. The zero-order chi connectivity index (χ0) is 15.5. The second-order valence-electron chi connectivity index (χ2n) is 6.42. The van der Waals surface area contributed by atoms with E-state index >= 15 is 0 Å². The van der Waals surface area contributed by atoms with E-state index in [2.05, 4.69) is 52.6 Å². The maximum atomic E-state index is 4.43. The molecule has 1 aliphatic heterocycles. The number of unbranched alkanes of at least 4 members (excludes halogenated alkanes) is 5. The fourth-order valence-corrected chi connectivity index (χ4v) is 3.02. The van der Waals surface area contributed by atoms with Gasteiger partial charge in [-0.05, 0) is 24.8 Å². The zero-order valence-corrected chi connectivity index (χ0v) is 14.1. The van der Waals surface area contributed by atoms with E-state index in [1.54, 1.807) is 0 Å². The average molecular weight is 301 g/mol. The molecule has 2 rings (SSSR count). The Labute approximate surface area is 135 Å². The van der Waals surface area contributed by atoms with Crippen molar-refractivity contribution in [2.45, 2.75) is 70.8 Å². The van der Waals surface area contributed by atoms with Crippen LogP contribution in [0.5, 0.6) is 0 Å². The Kier molecular flexibility index (Phi) is 8.00. The van der Waals surface area contributed by atoms with Crippen LogP contribution >= 0.6 is 0 Å². The van der Waals surface area contributed by atoms with Gasteiger partial charge in [-0.1, -0.05) is 81.0 Å². The molecular formula is C19H31N3. The number of hydrogen-bond acceptors (Lipinski definition) is 3. The highest BCUT2D eigenvalue weighted by atomic mass is 15.6. The number of benzene rings is 1. The molecule has 1 atom stereocenters. The summed E-state index contributed by atoms with van der Waals surface area (Å²) < 4.78 is 0. The highest BCUT2D eigenvalue weighted by molar-refractivity contribution is 5.14. The molecule has 0 radical (unpaired) electrons. The highest BCUT2D eigenvalue weighted by Crippen LogP contribution is 2.17. The summed E-state index contributed by atoms with van der Waals surface area (Å²) in [5.41, 5.74) is 1.42. The van der Waals surface area contributed by atoms with Crippen LogP contribution in [0.25, 0.3) is 0 Å². The molecule has 0 N–H and O–H groups in total. The molecular weight excluding hydrogens is 270 g/mol. The van der Waals surface area contributed by atoms with Gasteiger partial charge in [-0.2, -0.15) is 5.11 Å². The van der Waals surface area contributed by atoms with E-state index in [4.69, 9.17) is 0 Å². The summed E-state index contributed by atoms with van der Waals surface area (Å²) in [6.45, 7) is 4.33. The second kappa shape index (κ2) is 10.4. The van der Waals surface area contributed by atoms with Gasteiger partial charge in [0.1, 0.15) is 0 Å². The molecule has 22 heavy (non-hydrogen) atoms. The Balaban J connectivity index is 1.50. The molecule has 1 unspecified atom stereocenters. The molecule has 0 saturated carbocycles. The van der Waals surface area contributed by atoms with Gasteiger partial charge in [-0.15, -0.1) is 0 Å². The highest BCUT2D eigenvalue weighted by Gasteiger charge is 2.18. The van der Waals surface area contributed by atoms with Crippen molar-refractivity contribution in [3.8, 4) is 0 Å². The minimum Gasteiger partial charge on any atom is -0.277 e. The Bertz CT molecular complexity index is 416. The van der Waals surface area contributed by atoms with Crippen LogP contribution in [0.3, 0.4) is 0 Å².